The fourth-order valence-electron chi connectivity index (χ4n) is 3.00. The highest BCUT2D eigenvalue weighted by molar-refractivity contribution is 6.56. The number of phenols is 1. The number of nitrogens with one attached hydrogen (secondary N) is 1. The second-order valence-electron chi connectivity index (χ2n) is 8.40. The van der Waals surface area contributed by atoms with Gasteiger partial charge in [0.25, 0.3) is 0 Å². The molecule has 2 aromatic carbocycles. The van der Waals surface area contributed by atoms with Gasteiger partial charge in [-0.15, -0.1) is 0 Å². The summed E-state index contributed by atoms with van der Waals surface area (Å²) < 4.78 is 31.7. The zero-order chi connectivity index (χ0) is 22.6. The molecular weight excluding hydrogens is 400 g/mol. The van der Waals surface area contributed by atoms with Crippen molar-refractivity contribution in [1.82, 2.24) is 5.32 Å². The molecule has 0 atom stereocenters. The van der Waals surface area contributed by atoms with Crippen LogP contribution in [-0.4, -0.2) is 36.1 Å². The maximum absolute atomic E-state index is 14.3. The molecule has 3 rings (SSSR count). The van der Waals surface area contributed by atoms with E-state index in [0.29, 0.717) is 5.47 Å². The number of hydrogen-bond acceptors (Lipinski definition) is 5. The lowest BCUT2D eigenvalue weighted by atomic mass is 9.77. The summed E-state index contributed by atoms with van der Waals surface area (Å²) in [5, 5.41) is 12.7. The third kappa shape index (κ3) is 5.45. The van der Waals surface area contributed by atoms with Crippen LogP contribution in [0.4, 0.5) is 9.18 Å². The molecule has 2 aromatic rings. The van der Waals surface area contributed by atoms with Gasteiger partial charge in [-0.1, -0.05) is 42.5 Å². The molecule has 1 aliphatic rings. The average molecular weight is 427 g/mol. The van der Waals surface area contributed by atoms with Crippen LogP contribution < -0.4 is 5.32 Å². The summed E-state index contributed by atoms with van der Waals surface area (Å²) in [5.74, 6) is -0.818. The van der Waals surface area contributed by atoms with Crippen molar-refractivity contribution in [3.05, 3.63) is 70.9 Å². The molecule has 0 bridgehead atoms. The zero-order valence-corrected chi connectivity index (χ0v) is 18.1. The molecule has 0 saturated carbocycles. The van der Waals surface area contributed by atoms with Crippen molar-refractivity contribution in [2.45, 2.75) is 45.5 Å². The monoisotopic (exact) mass is 427 g/mol. The van der Waals surface area contributed by atoms with Crippen LogP contribution in [0.15, 0.2) is 54.0 Å². The minimum absolute atomic E-state index is 0.00772. The van der Waals surface area contributed by atoms with Gasteiger partial charge in [0.05, 0.1) is 16.8 Å². The van der Waals surface area contributed by atoms with Crippen LogP contribution in [0.5, 0.6) is 5.75 Å². The summed E-state index contributed by atoms with van der Waals surface area (Å²) in [6, 6.07) is 13.3. The second kappa shape index (κ2) is 9.12. The van der Waals surface area contributed by atoms with Gasteiger partial charge in [0.2, 0.25) is 0 Å². The van der Waals surface area contributed by atoms with Gasteiger partial charge < -0.3 is 24.5 Å². The van der Waals surface area contributed by atoms with E-state index in [4.69, 9.17) is 14.0 Å². The number of amides is 1. The predicted octanol–water partition coefficient (Wildman–Crippen LogP) is 4.47. The highest BCUT2D eigenvalue weighted by Crippen LogP contribution is 2.39. The normalized spacial score (nSPS) is 17.5. The molecule has 1 heterocycles. The van der Waals surface area contributed by atoms with E-state index in [1.54, 1.807) is 0 Å². The molecule has 0 aliphatic carbocycles. The third-order valence-electron chi connectivity index (χ3n) is 5.57. The largest absolute Gasteiger partial charge is 0.507 e. The Kier molecular flexibility index (Phi) is 6.72. The van der Waals surface area contributed by atoms with E-state index >= 15 is 0 Å². The van der Waals surface area contributed by atoms with E-state index in [9.17, 15) is 14.3 Å². The lowest BCUT2D eigenvalue weighted by Crippen LogP contribution is -2.41. The summed E-state index contributed by atoms with van der Waals surface area (Å²) in [4.78, 5) is 12.2. The number of aromatic hydroxyl groups is 1. The molecule has 6 nitrogen and oxygen atoms in total. The van der Waals surface area contributed by atoms with Crippen LogP contribution in [0.1, 0.15) is 38.8 Å². The number of carbonyl (C=O) groups is 1. The minimum Gasteiger partial charge on any atom is -0.507 e. The summed E-state index contributed by atoms with van der Waals surface area (Å²) in [5.41, 5.74) is 0.0435. The van der Waals surface area contributed by atoms with Crippen LogP contribution in [0.2, 0.25) is 0 Å². The molecule has 0 aromatic heterocycles. The Balaban J connectivity index is 1.77. The first-order valence-electron chi connectivity index (χ1n) is 10.1. The number of ether oxygens (including phenoxy) is 1. The predicted molar refractivity (Wildman–Crippen MR) is 117 cm³/mol. The first kappa shape index (κ1) is 22.8. The maximum Gasteiger partial charge on any atom is 0.492 e. The summed E-state index contributed by atoms with van der Waals surface area (Å²) in [7, 11) is -0.835. The Morgan fingerprint density at radius 1 is 1.10 bits per heavy atom. The molecule has 164 valence electrons. The van der Waals surface area contributed by atoms with Gasteiger partial charge in [-0.05, 0) is 50.9 Å². The SMILES string of the molecule is CC1(C)OB(C(=Cc2c(O)cccc2F)CNC(=O)OCc2ccccc2)OC1(C)C. The van der Waals surface area contributed by atoms with Crippen LogP contribution in [0.25, 0.3) is 6.08 Å². The molecule has 31 heavy (non-hydrogen) atoms. The Morgan fingerprint density at radius 2 is 1.74 bits per heavy atom. The zero-order valence-electron chi connectivity index (χ0n) is 18.1. The Bertz CT molecular complexity index is 925. The smallest absolute Gasteiger partial charge is 0.492 e. The van der Waals surface area contributed by atoms with Crippen molar-refractivity contribution < 1.29 is 28.3 Å². The first-order valence-corrected chi connectivity index (χ1v) is 10.1. The number of alkyl carbamates (subject to hydrolysis) is 1. The molecular formula is C23H27BFNO5. The van der Waals surface area contributed by atoms with Crippen molar-refractivity contribution >= 4 is 19.3 Å². The van der Waals surface area contributed by atoms with E-state index in [1.807, 2.05) is 58.0 Å². The molecule has 0 unspecified atom stereocenters. The molecule has 1 fully saturated rings. The standard InChI is InChI=1S/C23H27BFNO5/c1-22(2)23(3,4)31-24(30-22)17(13-18-19(25)11-8-12-20(18)27)14-26-21(28)29-15-16-9-6-5-7-10-16/h5-13,27H,14-15H2,1-4H3,(H,26,28). The first-order chi connectivity index (χ1) is 14.6. The number of rotatable bonds is 6. The van der Waals surface area contributed by atoms with Crippen LogP contribution >= 0.6 is 0 Å². The van der Waals surface area contributed by atoms with Gasteiger partial charge in [-0.2, -0.15) is 0 Å². The van der Waals surface area contributed by atoms with Gasteiger partial charge in [0.15, 0.2) is 0 Å². The highest BCUT2D eigenvalue weighted by Gasteiger charge is 2.52. The Labute approximate surface area is 182 Å². The molecule has 0 spiro atoms. The molecule has 0 radical (unpaired) electrons. The van der Waals surface area contributed by atoms with Gasteiger partial charge >= 0.3 is 13.2 Å². The quantitative estimate of drug-likeness (QED) is 0.666. The van der Waals surface area contributed by atoms with Crippen LogP contribution in [-0.2, 0) is 20.7 Å². The molecule has 1 aliphatic heterocycles. The van der Waals surface area contributed by atoms with E-state index in [2.05, 4.69) is 5.32 Å². The van der Waals surface area contributed by atoms with E-state index in [-0.39, 0.29) is 24.5 Å². The topological polar surface area (TPSA) is 77.0 Å². The van der Waals surface area contributed by atoms with Gasteiger partial charge in [-0.3, -0.25) is 0 Å². The molecule has 1 saturated heterocycles. The second-order valence-corrected chi connectivity index (χ2v) is 8.40. The van der Waals surface area contributed by atoms with E-state index in [0.717, 1.165) is 5.56 Å². The summed E-state index contributed by atoms with van der Waals surface area (Å²) >= 11 is 0. The van der Waals surface area contributed by atoms with Crippen LogP contribution in [0.3, 0.4) is 0 Å². The van der Waals surface area contributed by atoms with Crippen molar-refractivity contribution in [1.29, 1.82) is 0 Å². The minimum atomic E-state index is -0.835. The number of carbonyl (C=O) groups excluding carboxylic acids is 1. The van der Waals surface area contributed by atoms with Crippen molar-refractivity contribution in [2.24, 2.45) is 0 Å². The van der Waals surface area contributed by atoms with E-state index in [1.165, 1.54) is 24.3 Å². The Morgan fingerprint density at radius 3 is 2.35 bits per heavy atom. The highest BCUT2D eigenvalue weighted by atomic mass is 19.1. The fourth-order valence-corrected chi connectivity index (χ4v) is 3.00. The van der Waals surface area contributed by atoms with Crippen molar-refractivity contribution in [3.8, 4) is 5.75 Å². The van der Waals surface area contributed by atoms with Crippen molar-refractivity contribution in [3.63, 3.8) is 0 Å². The van der Waals surface area contributed by atoms with Crippen LogP contribution in [0, 0.1) is 5.82 Å². The molecule has 1 amide bonds. The lowest BCUT2D eigenvalue weighted by molar-refractivity contribution is 0.00578. The lowest BCUT2D eigenvalue weighted by Gasteiger charge is -2.32. The number of phenolic OH excluding ortho intramolecular Hbond substituents is 1. The van der Waals surface area contributed by atoms with Gasteiger partial charge in [0, 0.05) is 6.54 Å². The van der Waals surface area contributed by atoms with Gasteiger partial charge in [-0.25, -0.2) is 9.18 Å². The number of halogens is 1. The fraction of sp³-hybridized carbons (Fsp3) is 0.348. The third-order valence-corrected chi connectivity index (χ3v) is 5.57. The number of hydrogen-bond donors (Lipinski definition) is 2. The molecule has 2 N–H and O–H groups in total. The molecule has 8 heteroatoms. The van der Waals surface area contributed by atoms with E-state index < -0.39 is 30.2 Å². The Hall–Kier alpha value is -2.84. The maximum atomic E-state index is 14.3. The average Bonchev–Trinajstić information content (AvgIpc) is 2.93. The van der Waals surface area contributed by atoms with Crippen molar-refractivity contribution in [2.75, 3.05) is 6.54 Å². The summed E-state index contributed by atoms with van der Waals surface area (Å²) in [6.45, 7) is 7.69. The summed E-state index contributed by atoms with van der Waals surface area (Å²) in [6.07, 6.45) is 0.800. The van der Waals surface area contributed by atoms with Gasteiger partial charge in [0.1, 0.15) is 18.2 Å². The number of benzene rings is 2.